The molecule has 0 amide bonds. The van der Waals surface area contributed by atoms with Gasteiger partial charge in [0, 0.05) is 47.6 Å². The molecule has 3 rings (SSSR count). The van der Waals surface area contributed by atoms with E-state index in [0.29, 0.717) is 18.6 Å². The lowest BCUT2D eigenvalue weighted by Crippen LogP contribution is -2.17. The van der Waals surface area contributed by atoms with Gasteiger partial charge in [0.25, 0.3) is 0 Å². The molecule has 0 aliphatic carbocycles. The lowest BCUT2D eigenvalue weighted by atomic mass is 10.1. The molecule has 6 heteroatoms. The second kappa shape index (κ2) is 9.09. The Bertz CT molecular complexity index is 1020. The zero-order chi connectivity index (χ0) is 21.0. The molecule has 0 spiro atoms. The van der Waals surface area contributed by atoms with Crippen molar-refractivity contribution in [2.75, 3.05) is 20.3 Å². The summed E-state index contributed by atoms with van der Waals surface area (Å²) < 4.78 is 12.6. The van der Waals surface area contributed by atoms with Crippen LogP contribution in [0.2, 0.25) is 0 Å². The van der Waals surface area contributed by atoms with Gasteiger partial charge in [-0.3, -0.25) is 9.59 Å². The minimum absolute atomic E-state index is 0.125. The van der Waals surface area contributed by atoms with Crippen molar-refractivity contribution >= 4 is 22.7 Å². The Hall–Kier alpha value is -2.86. The number of Topliss-reactive ketones (excluding diaryl/α,β-unsaturated/α-hetero) is 1. The summed E-state index contributed by atoms with van der Waals surface area (Å²) in [5.41, 5.74) is 4.56. The number of carbonyl (C=O) groups excluding carboxylic acids is 2. The van der Waals surface area contributed by atoms with Crippen molar-refractivity contribution in [3.63, 3.8) is 0 Å². The van der Waals surface area contributed by atoms with Crippen molar-refractivity contribution in [3.8, 4) is 0 Å². The number of ether oxygens (including phenoxy) is 2. The van der Waals surface area contributed by atoms with E-state index in [0.717, 1.165) is 27.9 Å². The van der Waals surface area contributed by atoms with Crippen molar-refractivity contribution in [3.05, 3.63) is 59.0 Å². The number of benzene rings is 1. The molecule has 0 fully saturated rings. The van der Waals surface area contributed by atoms with Crippen LogP contribution in [0.25, 0.3) is 10.9 Å². The Morgan fingerprint density at radius 3 is 2.72 bits per heavy atom. The number of para-hydroxylation sites is 1. The molecule has 1 N–H and O–H groups in total. The summed E-state index contributed by atoms with van der Waals surface area (Å²) in [5.74, 6) is -0.556. The molecule has 0 aliphatic rings. The summed E-state index contributed by atoms with van der Waals surface area (Å²) in [5, 5.41) is 1.11. The number of aromatic nitrogens is 2. The van der Waals surface area contributed by atoms with Gasteiger partial charge in [0.1, 0.15) is 0 Å². The normalized spacial score (nSPS) is 12.3. The average molecular weight is 396 g/mol. The number of nitrogens with zero attached hydrogens (tertiary/aromatic N) is 1. The van der Waals surface area contributed by atoms with E-state index in [4.69, 9.17) is 9.47 Å². The van der Waals surface area contributed by atoms with E-state index in [1.54, 1.807) is 7.11 Å². The van der Waals surface area contributed by atoms with Gasteiger partial charge in [0.05, 0.1) is 12.6 Å². The van der Waals surface area contributed by atoms with Gasteiger partial charge in [-0.15, -0.1) is 0 Å². The summed E-state index contributed by atoms with van der Waals surface area (Å²) in [6.45, 7) is 6.24. The molecule has 1 atom stereocenters. The van der Waals surface area contributed by atoms with Crippen molar-refractivity contribution in [2.45, 2.75) is 39.7 Å². The minimum Gasteiger partial charge on any atom is -0.457 e. The highest BCUT2D eigenvalue weighted by molar-refractivity contribution is 5.99. The topological polar surface area (TPSA) is 73.3 Å². The molecule has 154 valence electrons. The van der Waals surface area contributed by atoms with Crippen molar-refractivity contribution in [2.24, 2.45) is 0 Å². The third-order valence-electron chi connectivity index (χ3n) is 5.27. The largest absolute Gasteiger partial charge is 0.457 e. The maximum absolute atomic E-state index is 12.6. The van der Waals surface area contributed by atoms with Gasteiger partial charge >= 0.3 is 5.97 Å². The third-order valence-corrected chi connectivity index (χ3v) is 5.27. The number of methoxy groups -OCH3 is 1. The maximum Gasteiger partial charge on any atom is 0.306 e. The Balaban J connectivity index is 1.56. The van der Waals surface area contributed by atoms with Gasteiger partial charge in [0.15, 0.2) is 6.61 Å². The van der Waals surface area contributed by atoms with Crippen LogP contribution in [0.3, 0.4) is 0 Å². The highest BCUT2D eigenvalue weighted by atomic mass is 16.5. The average Bonchev–Trinajstić information content (AvgIpc) is 3.25. The van der Waals surface area contributed by atoms with E-state index in [1.165, 1.54) is 0 Å². The van der Waals surface area contributed by atoms with Crippen molar-refractivity contribution in [1.82, 2.24) is 9.55 Å². The molecule has 2 aromatic heterocycles. The summed E-state index contributed by atoms with van der Waals surface area (Å²) >= 11 is 0. The Morgan fingerprint density at radius 2 is 1.97 bits per heavy atom. The van der Waals surface area contributed by atoms with Crippen LogP contribution in [-0.4, -0.2) is 41.6 Å². The standard InChI is InChI=1S/C23H28N2O4/c1-15-11-20(17(3)25(15)16(2)13-28-4)22(26)14-29-23(27)10-9-18-12-24-21-8-6-5-7-19(18)21/h5-8,11-12,16,24H,9-10,13-14H2,1-4H3/t16-/m0/s1. The highest BCUT2D eigenvalue weighted by Crippen LogP contribution is 2.22. The first-order valence-electron chi connectivity index (χ1n) is 9.83. The molecule has 0 bridgehead atoms. The van der Waals surface area contributed by atoms with Crippen LogP contribution in [0.1, 0.15) is 46.7 Å². The number of hydrogen-bond donors (Lipinski definition) is 1. The Labute approximate surface area is 170 Å². The van der Waals surface area contributed by atoms with E-state index in [9.17, 15) is 9.59 Å². The molecule has 0 saturated heterocycles. The van der Waals surface area contributed by atoms with Crippen molar-refractivity contribution < 1.29 is 19.1 Å². The second-order valence-corrected chi connectivity index (χ2v) is 7.40. The Kier molecular flexibility index (Phi) is 6.54. The zero-order valence-electron chi connectivity index (χ0n) is 17.5. The van der Waals surface area contributed by atoms with E-state index in [2.05, 4.69) is 9.55 Å². The fourth-order valence-corrected chi connectivity index (χ4v) is 3.92. The summed E-state index contributed by atoms with van der Waals surface area (Å²) in [4.78, 5) is 27.9. The number of carbonyl (C=O) groups is 2. The van der Waals surface area contributed by atoms with E-state index in [1.807, 2.05) is 57.3 Å². The third kappa shape index (κ3) is 4.59. The fourth-order valence-electron chi connectivity index (χ4n) is 3.92. The number of esters is 1. The molecule has 0 aliphatic heterocycles. The quantitative estimate of drug-likeness (QED) is 0.436. The number of hydrogen-bond acceptors (Lipinski definition) is 4. The van der Waals surface area contributed by atoms with Gasteiger partial charge in [-0.05, 0) is 44.9 Å². The molecular formula is C23H28N2O4. The minimum atomic E-state index is -0.370. The number of nitrogens with one attached hydrogen (secondary N) is 1. The second-order valence-electron chi connectivity index (χ2n) is 7.40. The van der Waals surface area contributed by atoms with Gasteiger partial charge in [-0.2, -0.15) is 0 Å². The van der Waals surface area contributed by atoms with E-state index >= 15 is 0 Å². The molecular weight excluding hydrogens is 368 g/mol. The number of fused-ring (bicyclic) bond motifs is 1. The molecule has 0 saturated carbocycles. The van der Waals surface area contributed by atoms with Gasteiger partial charge < -0.3 is 19.0 Å². The number of ketones is 1. The Morgan fingerprint density at radius 1 is 1.21 bits per heavy atom. The number of H-pyrrole nitrogens is 1. The van der Waals surface area contributed by atoms with Crippen molar-refractivity contribution in [1.29, 1.82) is 0 Å². The first-order chi connectivity index (χ1) is 13.9. The molecule has 6 nitrogen and oxygen atoms in total. The maximum atomic E-state index is 12.6. The summed E-state index contributed by atoms with van der Waals surface area (Å²) in [6, 6.07) is 9.94. The molecule has 2 heterocycles. The van der Waals surface area contributed by atoms with Crippen LogP contribution in [0.15, 0.2) is 36.5 Å². The predicted octanol–water partition coefficient (Wildman–Crippen LogP) is 4.15. The highest BCUT2D eigenvalue weighted by Gasteiger charge is 2.20. The SMILES string of the molecule is COC[C@H](C)n1c(C)cc(C(=O)COC(=O)CCc2c[nH]c3ccccc23)c1C. The summed E-state index contributed by atoms with van der Waals surface area (Å²) in [7, 11) is 1.66. The molecule has 0 unspecified atom stereocenters. The first-order valence-corrected chi connectivity index (χ1v) is 9.83. The first kappa shape index (κ1) is 20.9. The fraction of sp³-hybridized carbons (Fsp3) is 0.391. The smallest absolute Gasteiger partial charge is 0.306 e. The predicted molar refractivity (Wildman–Crippen MR) is 112 cm³/mol. The zero-order valence-corrected chi connectivity index (χ0v) is 17.5. The number of aryl methyl sites for hydroxylation is 2. The van der Waals surface area contributed by atoms with Gasteiger partial charge in [0.2, 0.25) is 5.78 Å². The summed E-state index contributed by atoms with van der Waals surface area (Å²) in [6.07, 6.45) is 2.72. The molecule has 29 heavy (non-hydrogen) atoms. The number of aromatic amines is 1. The molecule has 0 radical (unpaired) electrons. The van der Waals surface area contributed by atoms with Gasteiger partial charge in [-0.1, -0.05) is 18.2 Å². The molecule has 3 aromatic rings. The number of rotatable bonds is 9. The van der Waals surface area contributed by atoms with E-state index in [-0.39, 0.29) is 30.8 Å². The monoisotopic (exact) mass is 396 g/mol. The van der Waals surface area contributed by atoms with Crippen LogP contribution >= 0.6 is 0 Å². The lowest BCUT2D eigenvalue weighted by molar-refractivity contribution is -0.142. The van der Waals surface area contributed by atoms with E-state index < -0.39 is 0 Å². The van der Waals surface area contributed by atoms with Crippen LogP contribution in [0.5, 0.6) is 0 Å². The van der Waals surface area contributed by atoms with Crippen LogP contribution in [-0.2, 0) is 20.7 Å². The molecule has 1 aromatic carbocycles. The lowest BCUT2D eigenvalue weighted by Gasteiger charge is -2.17. The van der Waals surface area contributed by atoms with Crippen LogP contribution in [0.4, 0.5) is 0 Å². The van der Waals surface area contributed by atoms with Crippen LogP contribution in [0, 0.1) is 13.8 Å². The van der Waals surface area contributed by atoms with Gasteiger partial charge in [-0.25, -0.2) is 0 Å². The van der Waals surface area contributed by atoms with Crippen LogP contribution < -0.4 is 0 Å².